The Bertz CT molecular complexity index is 1130. The van der Waals surface area contributed by atoms with Crippen LogP contribution < -0.4 is 5.43 Å². The smallest absolute Gasteiger partial charge is 0.264 e. The number of halogens is 2. The summed E-state index contributed by atoms with van der Waals surface area (Å²) in [7, 11) is -3.64. The average Bonchev–Trinajstić information content (AvgIpc) is 3.31. The molecule has 1 N–H and O–H groups in total. The SMILES string of the molecule is O=S(=O)(Cc1nnc(C2=NNCC2c2ccc(Cl)cc2)o1)c1ccc(Cl)cc1. The summed E-state index contributed by atoms with van der Waals surface area (Å²) in [5.74, 6) is -0.326. The van der Waals surface area contributed by atoms with Crippen molar-refractivity contribution in [1.29, 1.82) is 0 Å². The molecular formula is C18H14Cl2N4O3S. The summed E-state index contributed by atoms with van der Waals surface area (Å²) < 4.78 is 30.7. The standard InChI is InChI=1S/C18H14Cl2N4O3S/c19-12-3-1-11(2-4-12)15-9-21-23-17(15)18-24-22-16(27-18)10-28(25,26)14-7-5-13(20)6-8-14/h1-8,15,21H,9-10H2. The van der Waals surface area contributed by atoms with Gasteiger partial charge < -0.3 is 9.84 Å². The molecule has 144 valence electrons. The van der Waals surface area contributed by atoms with Gasteiger partial charge in [-0.15, -0.1) is 10.2 Å². The van der Waals surface area contributed by atoms with Crippen molar-refractivity contribution in [1.82, 2.24) is 15.6 Å². The van der Waals surface area contributed by atoms with Gasteiger partial charge in [-0.05, 0) is 42.0 Å². The molecule has 1 aromatic heterocycles. The molecule has 2 aromatic carbocycles. The van der Waals surface area contributed by atoms with Crippen LogP contribution in [0.1, 0.15) is 23.3 Å². The second-order valence-corrected chi connectivity index (χ2v) is 9.04. The minimum Gasteiger partial charge on any atom is -0.418 e. The zero-order valence-corrected chi connectivity index (χ0v) is 16.7. The summed E-state index contributed by atoms with van der Waals surface area (Å²) in [4.78, 5) is 0.135. The fourth-order valence-electron chi connectivity index (χ4n) is 2.87. The van der Waals surface area contributed by atoms with Gasteiger partial charge in [-0.2, -0.15) is 5.10 Å². The lowest BCUT2D eigenvalue weighted by Gasteiger charge is -2.09. The summed E-state index contributed by atoms with van der Waals surface area (Å²) >= 11 is 11.8. The fourth-order valence-corrected chi connectivity index (χ4v) is 4.28. The Hall–Kier alpha value is -2.42. The Morgan fingerprint density at radius 2 is 1.64 bits per heavy atom. The van der Waals surface area contributed by atoms with Crippen LogP contribution in [0.15, 0.2) is 62.9 Å². The van der Waals surface area contributed by atoms with Crippen molar-refractivity contribution >= 4 is 38.8 Å². The van der Waals surface area contributed by atoms with E-state index in [4.69, 9.17) is 27.6 Å². The number of rotatable bonds is 5. The topological polar surface area (TPSA) is 97.5 Å². The van der Waals surface area contributed by atoms with Crippen LogP contribution in [0.2, 0.25) is 10.0 Å². The number of hydrogen-bond acceptors (Lipinski definition) is 7. The lowest BCUT2D eigenvalue weighted by molar-refractivity contribution is 0.497. The molecule has 2 heterocycles. The third-order valence-electron chi connectivity index (χ3n) is 4.27. The molecule has 0 spiro atoms. The summed E-state index contributed by atoms with van der Waals surface area (Å²) in [6.45, 7) is 0.567. The molecule has 1 unspecified atom stereocenters. The van der Waals surface area contributed by atoms with Crippen LogP contribution in [0.4, 0.5) is 0 Å². The van der Waals surface area contributed by atoms with E-state index in [2.05, 4.69) is 20.7 Å². The highest BCUT2D eigenvalue weighted by molar-refractivity contribution is 7.90. The largest absolute Gasteiger partial charge is 0.418 e. The van der Waals surface area contributed by atoms with Crippen LogP contribution >= 0.6 is 23.2 Å². The first kappa shape index (κ1) is 18.9. The molecule has 0 saturated carbocycles. The van der Waals surface area contributed by atoms with Crippen molar-refractivity contribution in [2.75, 3.05) is 6.54 Å². The predicted octanol–water partition coefficient (Wildman–Crippen LogP) is 3.44. The summed E-state index contributed by atoms with van der Waals surface area (Å²) in [5, 5.41) is 13.2. The lowest BCUT2D eigenvalue weighted by Crippen LogP contribution is -2.14. The number of nitrogens with zero attached hydrogens (tertiary/aromatic N) is 3. The van der Waals surface area contributed by atoms with Crippen molar-refractivity contribution < 1.29 is 12.8 Å². The molecule has 1 atom stereocenters. The second kappa shape index (κ2) is 7.54. The van der Waals surface area contributed by atoms with Gasteiger partial charge >= 0.3 is 0 Å². The predicted molar refractivity (Wildman–Crippen MR) is 105 cm³/mol. The van der Waals surface area contributed by atoms with E-state index in [-0.39, 0.29) is 22.6 Å². The normalized spacial score (nSPS) is 16.6. The van der Waals surface area contributed by atoms with Crippen LogP contribution in [-0.4, -0.2) is 30.9 Å². The van der Waals surface area contributed by atoms with Crippen molar-refractivity contribution in [3.05, 3.63) is 75.9 Å². The van der Waals surface area contributed by atoms with E-state index in [0.29, 0.717) is 22.3 Å². The Kier molecular flexibility index (Phi) is 5.09. The highest BCUT2D eigenvalue weighted by Crippen LogP contribution is 2.26. The minimum absolute atomic E-state index is 0.00518. The van der Waals surface area contributed by atoms with Crippen molar-refractivity contribution in [3.8, 4) is 0 Å². The van der Waals surface area contributed by atoms with Gasteiger partial charge in [-0.1, -0.05) is 35.3 Å². The zero-order chi connectivity index (χ0) is 19.7. The van der Waals surface area contributed by atoms with Gasteiger partial charge in [0.1, 0.15) is 11.5 Å². The van der Waals surface area contributed by atoms with Gasteiger partial charge in [0.15, 0.2) is 9.84 Å². The van der Waals surface area contributed by atoms with Crippen LogP contribution in [0.3, 0.4) is 0 Å². The fraction of sp³-hybridized carbons (Fsp3) is 0.167. The van der Waals surface area contributed by atoms with Crippen molar-refractivity contribution in [2.24, 2.45) is 5.10 Å². The molecule has 0 aliphatic carbocycles. The molecule has 28 heavy (non-hydrogen) atoms. The molecule has 1 aliphatic heterocycles. The van der Waals surface area contributed by atoms with E-state index in [0.717, 1.165) is 5.56 Å². The van der Waals surface area contributed by atoms with E-state index in [1.807, 2.05) is 12.1 Å². The Morgan fingerprint density at radius 1 is 1.00 bits per heavy atom. The molecule has 10 heteroatoms. The molecule has 0 amide bonds. The Morgan fingerprint density at radius 3 is 2.32 bits per heavy atom. The molecular weight excluding hydrogens is 423 g/mol. The van der Waals surface area contributed by atoms with E-state index >= 15 is 0 Å². The molecule has 0 radical (unpaired) electrons. The first-order chi connectivity index (χ1) is 13.4. The van der Waals surface area contributed by atoms with Crippen LogP contribution in [-0.2, 0) is 15.6 Å². The maximum atomic E-state index is 12.5. The van der Waals surface area contributed by atoms with Crippen LogP contribution in [0.5, 0.6) is 0 Å². The molecule has 7 nitrogen and oxygen atoms in total. The third kappa shape index (κ3) is 3.89. The van der Waals surface area contributed by atoms with Crippen molar-refractivity contribution in [2.45, 2.75) is 16.6 Å². The average molecular weight is 437 g/mol. The summed E-state index contributed by atoms with van der Waals surface area (Å²) in [5.41, 5.74) is 4.47. The minimum atomic E-state index is -3.64. The van der Waals surface area contributed by atoms with Gasteiger partial charge in [0.05, 0.1) is 10.8 Å². The summed E-state index contributed by atoms with van der Waals surface area (Å²) in [6, 6.07) is 13.3. The maximum absolute atomic E-state index is 12.5. The highest BCUT2D eigenvalue weighted by atomic mass is 35.5. The number of hydrogen-bond donors (Lipinski definition) is 1. The third-order valence-corrected chi connectivity index (χ3v) is 6.39. The summed E-state index contributed by atoms with van der Waals surface area (Å²) in [6.07, 6.45) is 0. The Balaban J connectivity index is 1.55. The molecule has 1 aliphatic rings. The van der Waals surface area contributed by atoms with E-state index in [9.17, 15) is 8.42 Å². The van der Waals surface area contributed by atoms with E-state index in [1.165, 1.54) is 24.3 Å². The number of benzene rings is 2. The van der Waals surface area contributed by atoms with Gasteiger partial charge in [0, 0.05) is 16.6 Å². The Labute approximate surface area is 171 Å². The first-order valence-electron chi connectivity index (χ1n) is 8.29. The van der Waals surface area contributed by atoms with Crippen LogP contribution in [0, 0.1) is 0 Å². The number of sulfone groups is 1. The van der Waals surface area contributed by atoms with Crippen molar-refractivity contribution in [3.63, 3.8) is 0 Å². The van der Waals surface area contributed by atoms with E-state index < -0.39 is 15.6 Å². The second-order valence-electron chi connectivity index (χ2n) is 6.18. The van der Waals surface area contributed by atoms with Gasteiger partial charge in [-0.3, -0.25) is 0 Å². The highest BCUT2D eigenvalue weighted by Gasteiger charge is 2.29. The number of hydrazone groups is 1. The number of nitrogens with one attached hydrogen (secondary N) is 1. The van der Waals surface area contributed by atoms with Crippen LogP contribution in [0.25, 0.3) is 0 Å². The molecule has 4 rings (SSSR count). The lowest BCUT2D eigenvalue weighted by atomic mass is 9.95. The monoisotopic (exact) mass is 436 g/mol. The first-order valence-corrected chi connectivity index (χ1v) is 10.7. The maximum Gasteiger partial charge on any atom is 0.264 e. The molecule has 3 aromatic rings. The van der Waals surface area contributed by atoms with Gasteiger partial charge in [0.2, 0.25) is 5.89 Å². The molecule has 0 saturated heterocycles. The van der Waals surface area contributed by atoms with Gasteiger partial charge in [-0.25, -0.2) is 8.42 Å². The van der Waals surface area contributed by atoms with E-state index in [1.54, 1.807) is 12.1 Å². The molecule has 0 fully saturated rings. The molecule has 0 bridgehead atoms. The zero-order valence-electron chi connectivity index (χ0n) is 14.3. The van der Waals surface area contributed by atoms with Gasteiger partial charge in [0.25, 0.3) is 5.89 Å². The quantitative estimate of drug-likeness (QED) is 0.657. The number of aromatic nitrogens is 2.